The molecule has 1 fully saturated rings. The van der Waals surface area contributed by atoms with Gasteiger partial charge >= 0.3 is 0 Å². The van der Waals surface area contributed by atoms with Crippen molar-refractivity contribution in [2.45, 2.75) is 6.04 Å². The number of hydrogen-bond acceptors (Lipinski definition) is 9. The number of nitrogens with zero attached hydrogens (tertiary/aromatic N) is 9. The van der Waals surface area contributed by atoms with Crippen LogP contribution in [0.25, 0.3) is 16.7 Å². The molecule has 0 N–H and O–H groups in total. The molecule has 2 amide bonds. The molecule has 0 bridgehead atoms. The third kappa shape index (κ3) is 2.74. The molecule has 0 aliphatic carbocycles. The second-order valence-electron chi connectivity index (χ2n) is 5.65. The van der Waals surface area contributed by atoms with Crippen molar-refractivity contribution in [3.05, 3.63) is 30.0 Å². The van der Waals surface area contributed by atoms with Gasteiger partial charge in [0.15, 0.2) is 5.65 Å². The van der Waals surface area contributed by atoms with Gasteiger partial charge in [-0.05, 0) is 18.2 Å². The molecule has 0 spiro atoms. The van der Waals surface area contributed by atoms with Crippen LogP contribution in [0.5, 0.6) is 0 Å². The Morgan fingerprint density at radius 3 is 2.63 bits per heavy atom. The number of carbonyl (C=O) groups is 2. The van der Waals surface area contributed by atoms with Gasteiger partial charge in [-0.15, -0.1) is 10.2 Å². The van der Waals surface area contributed by atoms with Crippen LogP contribution in [0.1, 0.15) is 5.56 Å². The van der Waals surface area contributed by atoms with Crippen molar-refractivity contribution in [2.24, 2.45) is 10.2 Å². The molecule has 12 heteroatoms. The van der Waals surface area contributed by atoms with E-state index in [2.05, 4.69) is 25.5 Å². The normalized spacial score (nSPS) is 16.0. The zero-order valence-electron chi connectivity index (χ0n) is 14.1. The third-order valence-corrected chi connectivity index (χ3v) is 4.78. The Morgan fingerprint density at radius 2 is 1.93 bits per heavy atom. The highest BCUT2D eigenvalue weighted by Gasteiger charge is 2.38. The van der Waals surface area contributed by atoms with Crippen LogP contribution in [-0.2, 0) is 9.59 Å². The van der Waals surface area contributed by atoms with E-state index in [0.717, 1.165) is 12.1 Å². The average Bonchev–Trinajstić information content (AvgIpc) is 3.10. The van der Waals surface area contributed by atoms with Crippen LogP contribution >= 0.6 is 12.1 Å². The van der Waals surface area contributed by atoms with Gasteiger partial charge in [-0.2, -0.15) is 20.6 Å². The predicted octanol–water partition coefficient (Wildman–Crippen LogP) is 1.10. The maximum Gasteiger partial charge on any atom is 0.270 e. The lowest BCUT2D eigenvalue weighted by molar-refractivity contribution is -0.138. The quantitative estimate of drug-likeness (QED) is 0.369. The highest BCUT2D eigenvalue weighted by atomic mass is 32.2. The minimum absolute atomic E-state index is 0.304. The minimum atomic E-state index is -1.22. The van der Waals surface area contributed by atoms with E-state index in [0.29, 0.717) is 27.9 Å². The van der Waals surface area contributed by atoms with Crippen LogP contribution in [0.4, 0.5) is 5.69 Å². The summed E-state index contributed by atoms with van der Waals surface area (Å²) in [6.45, 7) is 0. The molecule has 0 radical (unpaired) electrons. The molecule has 1 aliphatic heterocycles. The Kier molecular flexibility index (Phi) is 3.93. The first-order chi connectivity index (χ1) is 13.0. The summed E-state index contributed by atoms with van der Waals surface area (Å²) in [5, 5.41) is 29.3. The molecule has 1 saturated heterocycles. The van der Waals surface area contributed by atoms with Crippen molar-refractivity contribution >= 4 is 46.3 Å². The molecule has 134 valence electrons. The molecule has 4 rings (SSSR count). The summed E-state index contributed by atoms with van der Waals surface area (Å²) in [6, 6.07) is 5.74. The van der Waals surface area contributed by atoms with Crippen LogP contribution in [0.2, 0.25) is 0 Å². The predicted molar refractivity (Wildman–Crippen MR) is 94.4 cm³/mol. The van der Waals surface area contributed by atoms with E-state index in [-0.39, 0.29) is 0 Å². The zero-order valence-corrected chi connectivity index (χ0v) is 15.0. The van der Waals surface area contributed by atoms with E-state index < -0.39 is 17.9 Å². The van der Waals surface area contributed by atoms with E-state index in [1.165, 1.54) is 19.3 Å². The van der Waals surface area contributed by atoms with Crippen LogP contribution in [0.15, 0.2) is 34.6 Å². The Bertz CT molecular complexity index is 1150. The van der Waals surface area contributed by atoms with E-state index in [1.807, 2.05) is 6.07 Å². The maximum atomic E-state index is 12.2. The van der Waals surface area contributed by atoms with E-state index in [1.54, 1.807) is 32.3 Å². The van der Waals surface area contributed by atoms with Gasteiger partial charge in [0.1, 0.15) is 17.1 Å². The number of carbonyl (C=O) groups excluding carboxylic acids is 2. The molecule has 1 aliphatic rings. The van der Waals surface area contributed by atoms with Gasteiger partial charge < -0.3 is 0 Å². The van der Waals surface area contributed by atoms with Crippen LogP contribution in [-0.4, -0.2) is 60.4 Å². The van der Waals surface area contributed by atoms with Gasteiger partial charge in [0.2, 0.25) is 6.04 Å². The first-order valence-electron chi connectivity index (χ1n) is 7.68. The van der Waals surface area contributed by atoms with Crippen molar-refractivity contribution in [1.29, 1.82) is 5.26 Å². The van der Waals surface area contributed by atoms with E-state index in [9.17, 15) is 9.59 Å². The molecule has 3 aromatic rings. The summed E-state index contributed by atoms with van der Waals surface area (Å²) >= 11 is 1.00. The lowest BCUT2D eigenvalue weighted by Gasteiger charge is -2.30. The number of rotatable bonds is 2. The van der Waals surface area contributed by atoms with Crippen LogP contribution in [0.3, 0.4) is 0 Å². The van der Waals surface area contributed by atoms with E-state index >= 15 is 0 Å². The monoisotopic (exact) mass is 381 g/mol. The second-order valence-corrected chi connectivity index (χ2v) is 6.91. The van der Waals surface area contributed by atoms with Crippen molar-refractivity contribution in [3.63, 3.8) is 0 Å². The molecule has 3 heterocycles. The fraction of sp³-hybridized carbons (Fsp3) is 0.200. The number of amides is 2. The Balaban J connectivity index is 1.74. The molecular formula is C15H11N9O2S. The standard InChI is InChI=1S/C15H11N9O2S/c1-22-14(25)12(15(26)23(2)27-22)20-18-9-3-4-10-11(5-9)24-13(21-19-10)8(6-16)7-17-24/h3-5,7,12H,1-2H3/b20-18+. The van der Waals surface area contributed by atoms with Gasteiger partial charge in [-0.25, -0.2) is 4.52 Å². The average molecular weight is 381 g/mol. The third-order valence-electron chi connectivity index (χ3n) is 3.93. The van der Waals surface area contributed by atoms with Gasteiger partial charge in [0, 0.05) is 14.1 Å². The first-order valence-corrected chi connectivity index (χ1v) is 8.41. The Hall–Kier alpha value is -3.59. The lowest BCUT2D eigenvalue weighted by Crippen LogP contribution is -2.48. The molecule has 11 nitrogen and oxygen atoms in total. The summed E-state index contributed by atoms with van der Waals surface area (Å²) < 4.78 is 4.14. The summed E-state index contributed by atoms with van der Waals surface area (Å²) in [6.07, 6.45) is 1.40. The number of hydrogen-bond donors (Lipinski definition) is 0. The summed E-state index contributed by atoms with van der Waals surface area (Å²) in [5.74, 6) is -0.877. The number of aromatic nitrogens is 4. The molecule has 0 atom stereocenters. The molecule has 27 heavy (non-hydrogen) atoms. The first kappa shape index (κ1) is 16.9. The molecule has 0 saturated carbocycles. The maximum absolute atomic E-state index is 12.2. The van der Waals surface area contributed by atoms with Crippen molar-refractivity contribution in [3.8, 4) is 6.07 Å². The van der Waals surface area contributed by atoms with Gasteiger partial charge in [-0.3, -0.25) is 18.2 Å². The second kappa shape index (κ2) is 6.29. The van der Waals surface area contributed by atoms with Gasteiger partial charge in [0.05, 0.1) is 29.5 Å². The topological polar surface area (TPSA) is 132 Å². The largest absolute Gasteiger partial charge is 0.271 e. The number of fused-ring (bicyclic) bond motifs is 3. The summed E-state index contributed by atoms with van der Waals surface area (Å²) in [5.41, 5.74) is 2.17. The number of likely N-dealkylation sites (N-methyl/N-ethyl adjacent to an activating group) is 2. The highest BCUT2D eigenvalue weighted by Crippen LogP contribution is 2.25. The SMILES string of the molecule is CN1SN(C)C(=O)C(/N=N/c2ccc3nnc4c(C#N)cnn4c3c2)C1=O. The molecule has 1 aromatic carbocycles. The number of nitriles is 1. The van der Waals surface area contributed by atoms with Crippen molar-refractivity contribution in [1.82, 2.24) is 28.4 Å². The summed E-state index contributed by atoms with van der Waals surface area (Å²) in [7, 11) is 3.13. The number of azo groups is 1. The smallest absolute Gasteiger partial charge is 0.270 e. The van der Waals surface area contributed by atoms with Crippen molar-refractivity contribution < 1.29 is 9.59 Å². The zero-order chi connectivity index (χ0) is 19.1. The van der Waals surface area contributed by atoms with Crippen LogP contribution in [0, 0.1) is 11.3 Å². The van der Waals surface area contributed by atoms with E-state index in [4.69, 9.17) is 5.26 Å². The molecule has 2 aromatic heterocycles. The molecule has 0 unspecified atom stereocenters. The van der Waals surface area contributed by atoms with Crippen molar-refractivity contribution in [2.75, 3.05) is 14.1 Å². The van der Waals surface area contributed by atoms with Gasteiger partial charge in [0.25, 0.3) is 11.8 Å². The fourth-order valence-corrected chi connectivity index (χ4v) is 3.29. The highest BCUT2D eigenvalue weighted by molar-refractivity contribution is 7.95. The fourth-order valence-electron chi connectivity index (χ4n) is 2.56. The lowest BCUT2D eigenvalue weighted by atomic mass is 10.2. The minimum Gasteiger partial charge on any atom is -0.271 e. The summed E-state index contributed by atoms with van der Waals surface area (Å²) in [4.78, 5) is 24.3. The van der Waals surface area contributed by atoms with Gasteiger partial charge in [-0.1, -0.05) is 0 Å². The van der Waals surface area contributed by atoms with Crippen LogP contribution < -0.4 is 0 Å². The molecular weight excluding hydrogens is 370 g/mol. The number of benzene rings is 1. The Labute approximate surface area is 156 Å². The Morgan fingerprint density at radius 1 is 1.19 bits per heavy atom.